The zero-order valence-corrected chi connectivity index (χ0v) is 21.4. The van der Waals surface area contributed by atoms with Gasteiger partial charge in [0.15, 0.2) is 0 Å². The molecule has 0 aliphatic heterocycles. The molecule has 0 saturated heterocycles. The SMILES string of the molecule is Cc1cc(CNC(=O)c2nc(NCc3cccc(Cl)c3)c3cc(-c4c(C)noc4C)ccc3n2)ccn1. The zero-order chi connectivity index (χ0) is 25.9. The maximum Gasteiger partial charge on any atom is 0.289 e. The second-order valence-electron chi connectivity index (χ2n) is 8.80. The molecule has 2 aromatic carbocycles. The lowest BCUT2D eigenvalue weighted by Gasteiger charge is -2.13. The first-order valence-corrected chi connectivity index (χ1v) is 12.2. The standard InChI is InChI=1S/C28H25ClN6O2/c1-16-11-20(9-10-30-16)15-32-28(36)27-33-24-8-7-21(25-17(2)35-37-18(25)3)13-23(24)26(34-27)31-14-19-5-4-6-22(29)12-19/h4-13H,14-15H2,1-3H3,(H,32,36)(H,31,33,34). The Morgan fingerprint density at radius 2 is 1.81 bits per heavy atom. The summed E-state index contributed by atoms with van der Waals surface area (Å²) < 4.78 is 5.36. The van der Waals surface area contributed by atoms with Crippen molar-refractivity contribution in [1.29, 1.82) is 0 Å². The number of amides is 1. The van der Waals surface area contributed by atoms with Gasteiger partial charge in [-0.05, 0) is 73.9 Å². The number of carbonyl (C=O) groups is 1. The second kappa shape index (κ2) is 10.4. The number of anilines is 1. The number of pyridine rings is 1. The maximum absolute atomic E-state index is 13.0. The number of hydrogen-bond donors (Lipinski definition) is 2. The van der Waals surface area contributed by atoms with E-state index in [4.69, 9.17) is 16.1 Å². The highest BCUT2D eigenvalue weighted by Gasteiger charge is 2.17. The van der Waals surface area contributed by atoms with Crippen LogP contribution >= 0.6 is 11.6 Å². The Balaban J connectivity index is 1.50. The number of aryl methyl sites for hydroxylation is 3. The lowest BCUT2D eigenvalue weighted by atomic mass is 10.0. The first kappa shape index (κ1) is 24.4. The number of fused-ring (bicyclic) bond motifs is 1. The van der Waals surface area contributed by atoms with Crippen molar-refractivity contribution < 1.29 is 9.32 Å². The molecule has 0 saturated carbocycles. The van der Waals surface area contributed by atoms with Crippen LogP contribution < -0.4 is 10.6 Å². The van der Waals surface area contributed by atoms with Gasteiger partial charge >= 0.3 is 0 Å². The molecule has 9 heteroatoms. The lowest BCUT2D eigenvalue weighted by molar-refractivity contribution is 0.0941. The highest BCUT2D eigenvalue weighted by molar-refractivity contribution is 6.30. The average Bonchev–Trinajstić information content (AvgIpc) is 3.23. The molecule has 8 nitrogen and oxygen atoms in total. The second-order valence-corrected chi connectivity index (χ2v) is 9.23. The number of carbonyl (C=O) groups excluding carboxylic acids is 1. The van der Waals surface area contributed by atoms with Gasteiger partial charge in [-0.1, -0.05) is 35.0 Å². The van der Waals surface area contributed by atoms with Gasteiger partial charge in [0.25, 0.3) is 5.91 Å². The van der Waals surface area contributed by atoms with Crippen molar-refractivity contribution in [3.8, 4) is 11.1 Å². The van der Waals surface area contributed by atoms with Crippen LogP contribution in [-0.4, -0.2) is 26.0 Å². The summed E-state index contributed by atoms with van der Waals surface area (Å²) in [6, 6.07) is 17.2. The van der Waals surface area contributed by atoms with Gasteiger partial charge in [0.2, 0.25) is 5.82 Å². The van der Waals surface area contributed by atoms with Gasteiger partial charge in [-0.2, -0.15) is 0 Å². The summed E-state index contributed by atoms with van der Waals surface area (Å²) in [4.78, 5) is 26.4. The summed E-state index contributed by atoms with van der Waals surface area (Å²) in [6.07, 6.45) is 1.72. The fourth-order valence-corrected chi connectivity index (χ4v) is 4.44. The van der Waals surface area contributed by atoms with Crippen LogP contribution in [0.25, 0.3) is 22.0 Å². The predicted octanol–water partition coefficient (Wildman–Crippen LogP) is 5.80. The minimum atomic E-state index is -0.364. The quantitative estimate of drug-likeness (QED) is 0.284. The van der Waals surface area contributed by atoms with E-state index in [0.717, 1.165) is 44.8 Å². The van der Waals surface area contributed by atoms with E-state index in [-0.39, 0.29) is 11.7 Å². The number of aromatic nitrogens is 4. The molecule has 0 fully saturated rings. The van der Waals surface area contributed by atoms with E-state index in [1.165, 1.54) is 0 Å². The van der Waals surface area contributed by atoms with Crippen LogP contribution in [0.3, 0.4) is 0 Å². The third-order valence-corrected chi connectivity index (χ3v) is 6.22. The highest BCUT2D eigenvalue weighted by Crippen LogP contribution is 2.31. The molecule has 37 heavy (non-hydrogen) atoms. The summed E-state index contributed by atoms with van der Waals surface area (Å²) in [6.45, 7) is 6.51. The van der Waals surface area contributed by atoms with Crippen LogP contribution in [0, 0.1) is 20.8 Å². The fraction of sp³-hybridized carbons (Fsp3) is 0.179. The molecular formula is C28H25ClN6O2. The topological polar surface area (TPSA) is 106 Å². The van der Waals surface area contributed by atoms with E-state index in [2.05, 4.69) is 30.7 Å². The van der Waals surface area contributed by atoms with E-state index >= 15 is 0 Å². The van der Waals surface area contributed by atoms with Crippen LogP contribution in [0.5, 0.6) is 0 Å². The van der Waals surface area contributed by atoms with Crippen LogP contribution in [0.2, 0.25) is 5.02 Å². The summed E-state index contributed by atoms with van der Waals surface area (Å²) in [5.74, 6) is 0.992. The summed E-state index contributed by atoms with van der Waals surface area (Å²) >= 11 is 6.17. The van der Waals surface area contributed by atoms with Gasteiger partial charge in [0.1, 0.15) is 11.6 Å². The third-order valence-electron chi connectivity index (χ3n) is 5.98. The number of halogens is 1. The number of nitrogens with zero attached hydrogens (tertiary/aromatic N) is 4. The van der Waals surface area contributed by atoms with Crippen LogP contribution in [-0.2, 0) is 13.1 Å². The molecule has 0 aliphatic rings. The Morgan fingerprint density at radius 3 is 2.57 bits per heavy atom. The van der Waals surface area contributed by atoms with E-state index < -0.39 is 0 Å². The Bertz CT molecular complexity index is 1590. The zero-order valence-electron chi connectivity index (χ0n) is 20.7. The Hall–Kier alpha value is -4.30. The van der Waals surface area contributed by atoms with Crippen LogP contribution in [0.15, 0.2) is 65.3 Å². The predicted molar refractivity (Wildman–Crippen MR) is 143 cm³/mol. The minimum Gasteiger partial charge on any atom is -0.365 e. The van der Waals surface area contributed by atoms with E-state index in [9.17, 15) is 4.79 Å². The largest absolute Gasteiger partial charge is 0.365 e. The van der Waals surface area contributed by atoms with Gasteiger partial charge in [0, 0.05) is 41.0 Å². The van der Waals surface area contributed by atoms with E-state index in [1.54, 1.807) is 6.20 Å². The molecule has 3 heterocycles. The van der Waals surface area contributed by atoms with Gasteiger partial charge in [-0.3, -0.25) is 9.78 Å². The molecule has 5 rings (SSSR count). The molecule has 0 aliphatic carbocycles. The molecule has 0 radical (unpaired) electrons. The van der Waals surface area contributed by atoms with Gasteiger partial charge in [-0.15, -0.1) is 0 Å². The Labute approximate surface area is 219 Å². The van der Waals surface area contributed by atoms with Crippen molar-refractivity contribution in [2.24, 2.45) is 0 Å². The molecule has 3 aromatic heterocycles. The van der Waals surface area contributed by atoms with Gasteiger partial charge in [0.05, 0.1) is 11.2 Å². The molecule has 0 spiro atoms. The monoisotopic (exact) mass is 512 g/mol. The van der Waals surface area contributed by atoms with E-state index in [1.807, 2.05) is 75.4 Å². The minimum absolute atomic E-state index is 0.0805. The molecule has 186 valence electrons. The number of rotatable bonds is 7. The van der Waals surface area contributed by atoms with Crippen molar-refractivity contribution in [3.05, 3.63) is 99.9 Å². The van der Waals surface area contributed by atoms with Crippen molar-refractivity contribution >= 4 is 34.2 Å². The summed E-state index contributed by atoms with van der Waals surface area (Å²) in [7, 11) is 0. The first-order chi connectivity index (χ1) is 17.9. The van der Waals surface area contributed by atoms with Gasteiger partial charge < -0.3 is 15.2 Å². The first-order valence-electron chi connectivity index (χ1n) is 11.8. The Morgan fingerprint density at radius 1 is 0.973 bits per heavy atom. The normalized spacial score (nSPS) is 11.0. The van der Waals surface area contributed by atoms with Crippen molar-refractivity contribution in [1.82, 2.24) is 25.4 Å². The van der Waals surface area contributed by atoms with Crippen molar-refractivity contribution in [2.45, 2.75) is 33.9 Å². The molecule has 1 amide bonds. The molecular weight excluding hydrogens is 488 g/mol. The molecule has 2 N–H and O–H groups in total. The third kappa shape index (κ3) is 5.44. The molecule has 0 bridgehead atoms. The fourth-order valence-electron chi connectivity index (χ4n) is 4.22. The van der Waals surface area contributed by atoms with Crippen molar-refractivity contribution in [2.75, 3.05) is 5.32 Å². The maximum atomic E-state index is 13.0. The smallest absolute Gasteiger partial charge is 0.289 e. The lowest BCUT2D eigenvalue weighted by Crippen LogP contribution is -2.25. The molecule has 5 aromatic rings. The molecule has 0 unspecified atom stereocenters. The number of nitrogens with one attached hydrogen (secondary N) is 2. The summed E-state index contributed by atoms with van der Waals surface area (Å²) in [5, 5.41) is 11.8. The van der Waals surface area contributed by atoms with Crippen LogP contribution in [0.1, 0.15) is 38.9 Å². The summed E-state index contributed by atoms with van der Waals surface area (Å²) in [5.41, 5.74) is 6.12. The van der Waals surface area contributed by atoms with Gasteiger partial charge in [-0.25, -0.2) is 9.97 Å². The number of benzene rings is 2. The number of hydrogen-bond acceptors (Lipinski definition) is 7. The molecule has 0 atom stereocenters. The highest BCUT2D eigenvalue weighted by atomic mass is 35.5. The van der Waals surface area contributed by atoms with Crippen LogP contribution in [0.4, 0.5) is 5.82 Å². The van der Waals surface area contributed by atoms with Crippen molar-refractivity contribution in [3.63, 3.8) is 0 Å². The van der Waals surface area contributed by atoms with E-state index in [0.29, 0.717) is 29.4 Å². The average molecular weight is 513 g/mol. The Kier molecular flexibility index (Phi) is 6.83.